The Balaban J connectivity index is 2.36. The second-order valence-electron chi connectivity index (χ2n) is 3.41. The normalized spacial score (nSPS) is 9.71. The summed E-state index contributed by atoms with van der Waals surface area (Å²) in [5, 5.41) is 2.62. The fourth-order valence-corrected chi connectivity index (χ4v) is 1.18. The molecule has 1 heterocycles. The van der Waals surface area contributed by atoms with E-state index < -0.39 is 0 Å². The van der Waals surface area contributed by atoms with Crippen molar-refractivity contribution in [1.82, 2.24) is 10.3 Å². The molecule has 0 atom stereocenters. The number of hydrogen-bond acceptors (Lipinski definition) is 4. The molecule has 1 amide bonds. The fourth-order valence-electron chi connectivity index (χ4n) is 1.18. The Hall–Kier alpha value is -1.88. The molecule has 1 aromatic rings. The first-order valence-corrected chi connectivity index (χ1v) is 5.41. The quantitative estimate of drug-likeness (QED) is 0.665. The molecular formula is C12H17N3O2. The van der Waals surface area contributed by atoms with Crippen molar-refractivity contribution in [2.24, 2.45) is 5.73 Å². The Labute approximate surface area is 101 Å². The molecule has 0 fully saturated rings. The average molecular weight is 235 g/mol. The van der Waals surface area contributed by atoms with Gasteiger partial charge < -0.3 is 15.8 Å². The third-order valence-electron chi connectivity index (χ3n) is 2.01. The number of carbonyl (C=O) groups excluding carboxylic acids is 1. The molecule has 0 aliphatic carbocycles. The molecular weight excluding hydrogens is 218 g/mol. The summed E-state index contributed by atoms with van der Waals surface area (Å²) in [5.41, 5.74) is 6.32. The van der Waals surface area contributed by atoms with Crippen molar-refractivity contribution in [2.45, 2.75) is 6.42 Å². The number of nitrogens with two attached hydrogens (primary N) is 1. The summed E-state index contributed by atoms with van der Waals surface area (Å²) in [7, 11) is 0. The molecule has 0 aliphatic heterocycles. The minimum absolute atomic E-state index is 0.0221. The average Bonchev–Trinajstić information content (AvgIpc) is 2.36. The van der Waals surface area contributed by atoms with Crippen molar-refractivity contribution in [3.05, 3.63) is 36.7 Å². The molecule has 92 valence electrons. The molecule has 1 aromatic heterocycles. The van der Waals surface area contributed by atoms with Crippen molar-refractivity contribution in [1.29, 1.82) is 0 Å². The monoisotopic (exact) mass is 235 g/mol. The summed E-state index contributed by atoms with van der Waals surface area (Å²) in [4.78, 5) is 15.4. The standard InChI is InChI=1S/C12H17N3O2/c1-2-7-14-12(16)9-17-11-4-3-10(5-6-13)15-8-11/h2-4,8H,1,5-7,9,13H2,(H,14,16). The zero-order valence-electron chi connectivity index (χ0n) is 9.69. The van der Waals surface area contributed by atoms with Gasteiger partial charge in [0.25, 0.3) is 5.91 Å². The number of pyridine rings is 1. The number of nitrogens with zero attached hydrogens (tertiary/aromatic N) is 1. The van der Waals surface area contributed by atoms with E-state index in [1.165, 1.54) is 0 Å². The minimum atomic E-state index is -0.184. The maximum Gasteiger partial charge on any atom is 0.258 e. The Morgan fingerprint density at radius 1 is 1.59 bits per heavy atom. The van der Waals surface area contributed by atoms with Crippen molar-refractivity contribution >= 4 is 5.91 Å². The molecule has 0 aliphatic rings. The van der Waals surface area contributed by atoms with Crippen LogP contribution >= 0.6 is 0 Å². The lowest BCUT2D eigenvalue weighted by molar-refractivity contribution is -0.122. The molecule has 0 bridgehead atoms. The zero-order valence-corrected chi connectivity index (χ0v) is 9.69. The van der Waals surface area contributed by atoms with E-state index in [0.29, 0.717) is 18.8 Å². The van der Waals surface area contributed by atoms with Gasteiger partial charge in [-0.25, -0.2) is 0 Å². The number of ether oxygens (including phenoxy) is 1. The van der Waals surface area contributed by atoms with Gasteiger partial charge >= 0.3 is 0 Å². The Morgan fingerprint density at radius 3 is 3.00 bits per heavy atom. The van der Waals surface area contributed by atoms with E-state index in [0.717, 1.165) is 12.1 Å². The predicted octanol–water partition coefficient (Wildman–Crippen LogP) is 0.264. The van der Waals surface area contributed by atoms with Gasteiger partial charge in [0, 0.05) is 18.7 Å². The maximum absolute atomic E-state index is 11.2. The molecule has 5 heteroatoms. The minimum Gasteiger partial charge on any atom is -0.482 e. The molecule has 1 rings (SSSR count). The van der Waals surface area contributed by atoms with Gasteiger partial charge in [0.2, 0.25) is 0 Å². The lowest BCUT2D eigenvalue weighted by Gasteiger charge is -2.06. The highest BCUT2D eigenvalue weighted by molar-refractivity contribution is 5.77. The van der Waals surface area contributed by atoms with E-state index in [4.69, 9.17) is 10.5 Å². The van der Waals surface area contributed by atoms with Gasteiger partial charge in [0.1, 0.15) is 5.75 Å². The van der Waals surface area contributed by atoms with E-state index in [9.17, 15) is 4.79 Å². The lowest BCUT2D eigenvalue weighted by Crippen LogP contribution is -2.28. The van der Waals surface area contributed by atoms with E-state index in [1.807, 2.05) is 6.07 Å². The van der Waals surface area contributed by atoms with Gasteiger partial charge in [-0.1, -0.05) is 6.08 Å². The number of rotatable bonds is 7. The largest absolute Gasteiger partial charge is 0.482 e. The van der Waals surface area contributed by atoms with Gasteiger partial charge in [-0.2, -0.15) is 0 Å². The third kappa shape index (κ3) is 5.12. The first kappa shape index (κ1) is 13.2. The SMILES string of the molecule is C=CCNC(=O)COc1ccc(CCN)nc1. The summed E-state index contributed by atoms with van der Waals surface area (Å²) < 4.78 is 5.26. The second kappa shape index (κ2) is 7.40. The van der Waals surface area contributed by atoms with Crippen LogP contribution in [0.3, 0.4) is 0 Å². The molecule has 0 unspecified atom stereocenters. The summed E-state index contributed by atoms with van der Waals surface area (Å²) in [6.07, 6.45) is 3.94. The van der Waals surface area contributed by atoms with Crippen LogP contribution in [0, 0.1) is 0 Å². The summed E-state index contributed by atoms with van der Waals surface area (Å²) in [5.74, 6) is 0.385. The van der Waals surface area contributed by atoms with Crippen LogP contribution in [-0.4, -0.2) is 30.6 Å². The molecule has 0 saturated heterocycles. The van der Waals surface area contributed by atoms with Crippen LogP contribution in [0.4, 0.5) is 0 Å². The Kier molecular flexibility index (Phi) is 5.74. The highest BCUT2D eigenvalue weighted by Gasteiger charge is 2.01. The van der Waals surface area contributed by atoms with Crippen LogP contribution in [0.2, 0.25) is 0 Å². The molecule has 3 N–H and O–H groups in total. The zero-order chi connectivity index (χ0) is 12.5. The van der Waals surface area contributed by atoms with E-state index >= 15 is 0 Å². The van der Waals surface area contributed by atoms with Gasteiger partial charge in [-0.15, -0.1) is 6.58 Å². The van der Waals surface area contributed by atoms with Crippen LogP contribution < -0.4 is 15.8 Å². The summed E-state index contributed by atoms with van der Waals surface area (Å²) in [6.45, 7) is 4.49. The van der Waals surface area contributed by atoms with E-state index in [2.05, 4.69) is 16.9 Å². The molecule has 0 radical (unpaired) electrons. The summed E-state index contributed by atoms with van der Waals surface area (Å²) >= 11 is 0. The van der Waals surface area contributed by atoms with Crippen LogP contribution in [0.5, 0.6) is 5.75 Å². The molecule has 17 heavy (non-hydrogen) atoms. The molecule has 0 spiro atoms. The van der Waals surface area contributed by atoms with Crippen molar-refractivity contribution < 1.29 is 9.53 Å². The van der Waals surface area contributed by atoms with Crippen molar-refractivity contribution in [2.75, 3.05) is 19.7 Å². The Morgan fingerprint density at radius 2 is 2.41 bits per heavy atom. The van der Waals surface area contributed by atoms with Crippen LogP contribution in [0.15, 0.2) is 31.0 Å². The van der Waals surface area contributed by atoms with Crippen LogP contribution in [0.25, 0.3) is 0 Å². The maximum atomic E-state index is 11.2. The van der Waals surface area contributed by atoms with Gasteiger partial charge in [-0.05, 0) is 18.7 Å². The van der Waals surface area contributed by atoms with Crippen LogP contribution in [-0.2, 0) is 11.2 Å². The van der Waals surface area contributed by atoms with Gasteiger partial charge in [-0.3, -0.25) is 9.78 Å². The number of hydrogen-bond donors (Lipinski definition) is 2. The highest BCUT2D eigenvalue weighted by atomic mass is 16.5. The lowest BCUT2D eigenvalue weighted by atomic mass is 10.3. The van der Waals surface area contributed by atoms with E-state index in [-0.39, 0.29) is 12.5 Å². The topological polar surface area (TPSA) is 77.2 Å². The first-order chi connectivity index (χ1) is 8.26. The fraction of sp³-hybridized carbons (Fsp3) is 0.333. The molecule has 0 aromatic carbocycles. The van der Waals surface area contributed by atoms with Crippen molar-refractivity contribution in [3.8, 4) is 5.75 Å². The van der Waals surface area contributed by atoms with E-state index in [1.54, 1.807) is 18.3 Å². The molecule has 0 saturated carbocycles. The number of amides is 1. The first-order valence-electron chi connectivity index (χ1n) is 5.41. The summed E-state index contributed by atoms with van der Waals surface area (Å²) in [6, 6.07) is 3.61. The number of nitrogens with one attached hydrogen (secondary N) is 1. The highest BCUT2D eigenvalue weighted by Crippen LogP contribution is 2.08. The van der Waals surface area contributed by atoms with Crippen molar-refractivity contribution in [3.63, 3.8) is 0 Å². The third-order valence-corrected chi connectivity index (χ3v) is 2.01. The number of carbonyl (C=O) groups is 1. The second-order valence-corrected chi connectivity index (χ2v) is 3.41. The van der Waals surface area contributed by atoms with Gasteiger partial charge in [0.05, 0.1) is 6.20 Å². The Bertz CT molecular complexity index is 363. The van der Waals surface area contributed by atoms with Gasteiger partial charge in [0.15, 0.2) is 6.61 Å². The number of aromatic nitrogens is 1. The smallest absolute Gasteiger partial charge is 0.258 e. The predicted molar refractivity (Wildman–Crippen MR) is 65.7 cm³/mol. The molecule has 5 nitrogen and oxygen atoms in total. The van der Waals surface area contributed by atoms with Crippen LogP contribution in [0.1, 0.15) is 5.69 Å².